The molecule has 0 heterocycles. The molecule has 1 aliphatic rings. The molecule has 0 bridgehead atoms. The summed E-state index contributed by atoms with van der Waals surface area (Å²) in [6, 6.07) is 5.25. The maximum atomic E-state index is 12.2. The largest absolute Gasteiger partial charge is 0.478 e. The van der Waals surface area contributed by atoms with Gasteiger partial charge in [0.05, 0.1) is 10.5 Å². The van der Waals surface area contributed by atoms with Crippen LogP contribution in [0.15, 0.2) is 29.2 Å². The second-order valence-corrected chi connectivity index (χ2v) is 7.12. The summed E-state index contributed by atoms with van der Waals surface area (Å²) >= 11 is 0. The Morgan fingerprint density at radius 1 is 1.15 bits per heavy atom. The van der Waals surface area contributed by atoms with Crippen molar-refractivity contribution < 1.29 is 18.3 Å². The van der Waals surface area contributed by atoms with Crippen molar-refractivity contribution in [3.63, 3.8) is 0 Å². The first-order chi connectivity index (χ1) is 9.38. The molecule has 1 fully saturated rings. The fourth-order valence-corrected chi connectivity index (χ4v) is 3.75. The number of aromatic carboxylic acids is 1. The molecule has 6 heteroatoms. The zero-order valence-electron chi connectivity index (χ0n) is 11.4. The molecule has 0 radical (unpaired) electrons. The minimum Gasteiger partial charge on any atom is -0.478 e. The number of nitrogens with one attached hydrogen (secondary N) is 1. The highest BCUT2D eigenvalue weighted by molar-refractivity contribution is 7.89. The molecule has 2 N–H and O–H groups in total. The topological polar surface area (TPSA) is 83.5 Å². The van der Waals surface area contributed by atoms with Crippen LogP contribution in [0.25, 0.3) is 0 Å². The van der Waals surface area contributed by atoms with Crippen molar-refractivity contribution in [1.82, 2.24) is 4.72 Å². The average molecular weight is 297 g/mol. The summed E-state index contributed by atoms with van der Waals surface area (Å²) in [6.07, 6.45) is 3.78. The molecule has 20 heavy (non-hydrogen) atoms. The van der Waals surface area contributed by atoms with Gasteiger partial charge in [-0.2, -0.15) is 0 Å². The van der Waals surface area contributed by atoms with Gasteiger partial charge in [0.1, 0.15) is 0 Å². The van der Waals surface area contributed by atoms with E-state index in [2.05, 4.69) is 11.6 Å². The molecule has 2 rings (SSSR count). The molecule has 1 saturated carbocycles. The number of carboxylic acid groups (broad SMARTS) is 1. The van der Waals surface area contributed by atoms with Gasteiger partial charge in [-0.3, -0.25) is 0 Å². The minimum atomic E-state index is -3.56. The number of hydrogen-bond donors (Lipinski definition) is 2. The molecule has 0 atom stereocenters. The smallest absolute Gasteiger partial charge is 0.335 e. The SMILES string of the molecule is CC1CCC(NS(=O)(=O)c2ccc(C(=O)O)cc2)CC1. The summed E-state index contributed by atoms with van der Waals surface area (Å²) in [5.74, 6) is -0.409. The van der Waals surface area contributed by atoms with Gasteiger partial charge in [0.2, 0.25) is 10.0 Å². The van der Waals surface area contributed by atoms with Gasteiger partial charge in [0, 0.05) is 6.04 Å². The summed E-state index contributed by atoms with van der Waals surface area (Å²) in [5, 5.41) is 8.80. The third kappa shape index (κ3) is 3.58. The van der Waals surface area contributed by atoms with E-state index in [1.807, 2.05) is 0 Å². The summed E-state index contributed by atoms with van der Waals surface area (Å²) < 4.78 is 27.1. The van der Waals surface area contributed by atoms with Crippen LogP contribution < -0.4 is 4.72 Å². The first-order valence-corrected chi connectivity index (χ1v) is 8.22. The van der Waals surface area contributed by atoms with Crippen LogP contribution in [0, 0.1) is 5.92 Å². The minimum absolute atomic E-state index is 0.0182. The fraction of sp³-hybridized carbons (Fsp3) is 0.500. The van der Waals surface area contributed by atoms with Crippen molar-refractivity contribution in [2.24, 2.45) is 5.92 Å². The number of benzene rings is 1. The van der Waals surface area contributed by atoms with Crippen molar-refractivity contribution in [1.29, 1.82) is 0 Å². The van der Waals surface area contributed by atoms with Gasteiger partial charge >= 0.3 is 5.97 Å². The summed E-state index contributed by atoms with van der Waals surface area (Å²) in [5.41, 5.74) is 0.0791. The Labute approximate surface area is 119 Å². The van der Waals surface area contributed by atoms with Gasteiger partial charge in [0.25, 0.3) is 0 Å². The van der Waals surface area contributed by atoms with Crippen molar-refractivity contribution in [3.8, 4) is 0 Å². The average Bonchev–Trinajstić information content (AvgIpc) is 2.41. The molecule has 0 amide bonds. The Morgan fingerprint density at radius 2 is 1.70 bits per heavy atom. The van der Waals surface area contributed by atoms with Gasteiger partial charge in [-0.15, -0.1) is 0 Å². The standard InChI is InChI=1S/C14H19NO4S/c1-10-2-6-12(7-3-10)15-20(18,19)13-8-4-11(5-9-13)14(16)17/h4-5,8-10,12,15H,2-3,6-7H2,1H3,(H,16,17). The first kappa shape index (κ1) is 15.0. The first-order valence-electron chi connectivity index (χ1n) is 6.74. The number of carboxylic acids is 1. The molecule has 5 nitrogen and oxygen atoms in total. The number of rotatable bonds is 4. The van der Waals surface area contributed by atoms with Crippen LogP contribution in [0.3, 0.4) is 0 Å². The molecule has 0 aromatic heterocycles. The Morgan fingerprint density at radius 3 is 2.20 bits per heavy atom. The van der Waals surface area contributed by atoms with Crippen LogP contribution in [0.5, 0.6) is 0 Å². The normalized spacial score (nSPS) is 23.4. The van der Waals surface area contributed by atoms with E-state index < -0.39 is 16.0 Å². The lowest BCUT2D eigenvalue weighted by Crippen LogP contribution is -2.37. The fourth-order valence-electron chi connectivity index (χ4n) is 2.44. The Hall–Kier alpha value is -1.40. The van der Waals surface area contributed by atoms with Crippen molar-refractivity contribution >= 4 is 16.0 Å². The van der Waals surface area contributed by atoms with Gasteiger partial charge in [0.15, 0.2) is 0 Å². The second kappa shape index (κ2) is 5.93. The zero-order valence-corrected chi connectivity index (χ0v) is 12.2. The van der Waals surface area contributed by atoms with Crippen LogP contribution in [0.4, 0.5) is 0 Å². The Balaban J connectivity index is 2.08. The van der Waals surface area contributed by atoms with Crippen LogP contribution in [-0.2, 0) is 10.0 Å². The molecule has 0 spiro atoms. The van der Waals surface area contributed by atoms with E-state index in [4.69, 9.17) is 5.11 Å². The number of hydrogen-bond acceptors (Lipinski definition) is 3. The van der Waals surface area contributed by atoms with E-state index in [0.717, 1.165) is 25.7 Å². The summed E-state index contributed by atoms with van der Waals surface area (Å²) in [4.78, 5) is 10.9. The molecule has 110 valence electrons. The molecule has 0 saturated heterocycles. The van der Waals surface area contributed by atoms with E-state index in [0.29, 0.717) is 5.92 Å². The zero-order chi connectivity index (χ0) is 14.8. The van der Waals surface area contributed by atoms with Gasteiger partial charge in [-0.25, -0.2) is 17.9 Å². The van der Waals surface area contributed by atoms with E-state index in [1.54, 1.807) is 0 Å². The van der Waals surface area contributed by atoms with E-state index in [1.165, 1.54) is 24.3 Å². The van der Waals surface area contributed by atoms with E-state index in [-0.39, 0.29) is 16.5 Å². The maximum absolute atomic E-state index is 12.2. The molecule has 1 aromatic carbocycles. The predicted octanol–water partition coefficient (Wildman–Crippen LogP) is 2.24. The van der Waals surface area contributed by atoms with Gasteiger partial charge < -0.3 is 5.11 Å². The highest BCUT2D eigenvalue weighted by Crippen LogP contribution is 2.24. The summed E-state index contributed by atoms with van der Waals surface area (Å²) in [6.45, 7) is 2.18. The lowest BCUT2D eigenvalue weighted by molar-refractivity contribution is 0.0696. The molecular formula is C14H19NO4S. The molecular weight excluding hydrogens is 278 g/mol. The predicted molar refractivity (Wildman–Crippen MR) is 75.1 cm³/mol. The van der Waals surface area contributed by atoms with Crippen molar-refractivity contribution in [2.75, 3.05) is 0 Å². The molecule has 1 aromatic rings. The van der Waals surface area contributed by atoms with E-state index in [9.17, 15) is 13.2 Å². The third-order valence-corrected chi connectivity index (χ3v) is 5.29. The quantitative estimate of drug-likeness (QED) is 0.892. The monoisotopic (exact) mass is 297 g/mol. The lowest BCUT2D eigenvalue weighted by Gasteiger charge is -2.26. The highest BCUT2D eigenvalue weighted by Gasteiger charge is 2.24. The lowest BCUT2D eigenvalue weighted by atomic mass is 9.88. The van der Waals surface area contributed by atoms with Crippen molar-refractivity contribution in [3.05, 3.63) is 29.8 Å². The van der Waals surface area contributed by atoms with Crippen LogP contribution in [-0.4, -0.2) is 25.5 Å². The number of sulfonamides is 1. The van der Waals surface area contributed by atoms with Gasteiger partial charge in [-0.05, 0) is 55.9 Å². The van der Waals surface area contributed by atoms with Gasteiger partial charge in [-0.1, -0.05) is 6.92 Å². The molecule has 0 unspecified atom stereocenters. The molecule has 0 aliphatic heterocycles. The van der Waals surface area contributed by atoms with E-state index >= 15 is 0 Å². The molecule has 1 aliphatic carbocycles. The maximum Gasteiger partial charge on any atom is 0.335 e. The Bertz CT molecular complexity index is 572. The number of carbonyl (C=O) groups is 1. The highest BCUT2D eigenvalue weighted by atomic mass is 32.2. The van der Waals surface area contributed by atoms with Crippen LogP contribution in [0.2, 0.25) is 0 Å². The van der Waals surface area contributed by atoms with Crippen LogP contribution in [0.1, 0.15) is 43.0 Å². The van der Waals surface area contributed by atoms with Crippen LogP contribution >= 0.6 is 0 Å². The summed E-state index contributed by atoms with van der Waals surface area (Å²) in [7, 11) is -3.56. The van der Waals surface area contributed by atoms with Crippen molar-refractivity contribution in [2.45, 2.75) is 43.5 Å². The second-order valence-electron chi connectivity index (χ2n) is 5.41. The third-order valence-electron chi connectivity index (χ3n) is 3.75. The Kier molecular flexibility index (Phi) is 4.45.